The van der Waals surface area contributed by atoms with Gasteiger partial charge in [0.2, 0.25) is 16.0 Å². The summed E-state index contributed by atoms with van der Waals surface area (Å²) in [4.78, 5) is 6.83. The van der Waals surface area contributed by atoms with Gasteiger partial charge in [0.25, 0.3) is 0 Å². The van der Waals surface area contributed by atoms with E-state index in [1.807, 2.05) is 47.0 Å². The molecule has 3 aromatic rings. The number of nitrogens with one attached hydrogen (secondary N) is 1. The average Bonchev–Trinajstić information content (AvgIpc) is 3.10. The fourth-order valence-corrected chi connectivity index (χ4v) is 4.26. The van der Waals surface area contributed by atoms with Crippen molar-refractivity contribution in [3.8, 4) is 5.75 Å². The zero-order valence-corrected chi connectivity index (χ0v) is 17.6. The second-order valence-corrected chi connectivity index (χ2v) is 8.95. The van der Waals surface area contributed by atoms with Crippen molar-refractivity contribution in [2.24, 2.45) is 0 Å². The molecule has 0 saturated carbocycles. The number of para-hydroxylation sites is 3. The monoisotopic (exact) mass is 430 g/mol. The normalized spacial score (nSPS) is 15.3. The molecule has 0 bridgehead atoms. The first-order valence-corrected chi connectivity index (χ1v) is 11.7. The molecule has 0 unspecified atom stereocenters. The molecule has 0 aliphatic carbocycles. The Bertz CT molecular complexity index is 1060. The molecule has 1 N–H and O–H groups in total. The molecule has 1 fully saturated rings. The number of fused-ring (bicyclic) bond motifs is 1. The fourth-order valence-electron chi connectivity index (χ4n) is 3.42. The number of nitrogens with zero attached hydrogens (tertiary/aromatic N) is 3. The van der Waals surface area contributed by atoms with Crippen molar-refractivity contribution in [3.63, 3.8) is 0 Å². The standard InChI is InChI=1S/C21H26N4O4S/c26-30(27,17-16-29-18-6-2-1-3-7-18)23-21-22-19-8-4-5-9-20(19)25(21)11-10-24-12-14-28-15-13-24/h1-9H,10-17H2,(H,22,23). The predicted octanol–water partition coefficient (Wildman–Crippen LogP) is 2.19. The quantitative estimate of drug-likeness (QED) is 0.560. The molecule has 1 aromatic heterocycles. The van der Waals surface area contributed by atoms with Crippen LogP contribution in [0.4, 0.5) is 5.95 Å². The number of morpholine rings is 1. The van der Waals surface area contributed by atoms with Gasteiger partial charge in [-0.15, -0.1) is 0 Å². The highest BCUT2D eigenvalue weighted by Crippen LogP contribution is 2.21. The summed E-state index contributed by atoms with van der Waals surface area (Å²) in [5, 5.41) is 0. The molecule has 0 radical (unpaired) electrons. The van der Waals surface area contributed by atoms with E-state index in [1.165, 1.54) is 0 Å². The van der Waals surface area contributed by atoms with Gasteiger partial charge in [-0.05, 0) is 24.3 Å². The lowest BCUT2D eigenvalue weighted by Crippen LogP contribution is -2.38. The van der Waals surface area contributed by atoms with Gasteiger partial charge in [-0.25, -0.2) is 13.4 Å². The number of ether oxygens (including phenoxy) is 2. The molecule has 2 heterocycles. The summed E-state index contributed by atoms with van der Waals surface area (Å²) in [5.74, 6) is 0.823. The van der Waals surface area contributed by atoms with Gasteiger partial charge in [-0.1, -0.05) is 30.3 Å². The van der Waals surface area contributed by atoms with E-state index in [0.717, 1.165) is 43.9 Å². The molecule has 2 aromatic carbocycles. The van der Waals surface area contributed by atoms with E-state index in [1.54, 1.807) is 12.1 Å². The maximum absolute atomic E-state index is 12.7. The van der Waals surface area contributed by atoms with Gasteiger partial charge in [0.15, 0.2) is 0 Å². The number of sulfonamides is 1. The molecular formula is C21H26N4O4S. The number of imidazole rings is 1. The van der Waals surface area contributed by atoms with Crippen molar-refractivity contribution >= 4 is 27.0 Å². The molecule has 1 aliphatic rings. The molecule has 9 heteroatoms. The van der Waals surface area contributed by atoms with Crippen molar-refractivity contribution in [3.05, 3.63) is 54.6 Å². The number of hydrogen-bond donors (Lipinski definition) is 1. The molecule has 4 rings (SSSR count). The third-order valence-corrected chi connectivity index (χ3v) is 6.21. The molecule has 0 spiro atoms. The van der Waals surface area contributed by atoms with E-state index in [9.17, 15) is 8.42 Å². The summed E-state index contributed by atoms with van der Waals surface area (Å²) in [5.41, 5.74) is 1.67. The van der Waals surface area contributed by atoms with Crippen LogP contribution < -0.4 is 9.46 Å². The van der Waals surface area contributed by atoms with Crippen molar-refractivity contribution in [2.75, 3.05) is 49.9 Å². The maximum Gasteiger partial charge on any atom is 0.238 e. The second-order valence-electron chi connectivity index (χ2n) is 7.11. The zero-order chi connectivity index (χ0) is 20.8. The SMILES string of the molecule is O=S(=O)(CCOc1ccccc1)Nc1nc2ccccc2n1CCN1CCOCC1. The first-order chi connectivity index (χ1) is 14.6. The van der Waals surface area contributed by atoms with Crippen LogP contribution in [0.25, 0.3) is 11.0 Å². The number of aromatic nitrogens is 2. The molecular weight excluding hydrogens is 404 g/mol. The second kappa shape index (κ2) is 9.46. The van der Waals surface area contributed by atoms with Crippen LogP contribution in [0.15, 0.2) is 54.6 Å². The van der Waals surface area contributed by atoms with Crippen LogP contribution in [-0.4, -0.2) is 68.1 Å². The highest BCUT2D eigenvalue weighted by Gasteiger charge is 2.18. The van der Waals surface area contributed by atoms with Crippen molar-refractivity contribution in [1.82, 2.24) is 14.5 Å². The Morgan fingerprint density at radius 3 is 2.53 bits per heavy atom. The Labute approximate surface area is 176 Å². The van der Waals surface area contributed by atoms with Crippen LogP contribution in [0.3, 0.4) is 0 Å². The Balaban J connectivity index is 1.45. The van der Waals surface area contributed by atoms with E-state index in [2.05, 4.69) is 14.6 Å². The van der Waals surface area contributed by atoms with Gasteiger partial charge < -0.3 is 14.0 Å². The summed E-state index contributed by atoms with van der Waals surface area (Å²) < 4.78 is 40.8. The third kappa shape index (κ3) is 5.29. The van der Waals surface area contributed by atoms with E-state index in [4.69, 9.17) is 9.47 Å². The summed E-state index contributed by atoms with van der Waals surface area (Å²) in [6.45, 7) is 4.72. The zero-order valence-electron chi connectivity index (χ0n) is 16.7. The molecule has 160 valence electrons. The lowest BCUT2D eigenvalue weighted by molar-refractivity contribution is 0.0366. The minimum Gasteiger partial charge on any atom is -0.492 e. The Morgan fingerprint density at radius 2 is 1.73 bits per heavy atom. The van der Waals surface area contributed by atoms with Crippen LogP contribution in [0, 0.1) is 0 Å². The van der Waals surface area contributed by atoms with Crippen LogP contribution in [-0.2, 0) is 21.3 Å². The first kappa shape index (κ1) is 20.6. The Hall–Kier alpha value is -2.62. The summed E-state index contributed by atoms with van der Waals surface area (Å²) in [6.07, 6.45) is 0. The maximum atomic E-state index is 12.7. The fraction of sp³-hybridized carbons (Fsp3) is 0.381. The van der Waals surface area contributed by atoms with Gasteiger partial charge in [0.05, 0.1) is 24.2 Å². The number of hydrogen-bond acceptors (Lipinski definition) is 6. The summed E-state index contributed by atoms with van der Waals surface area (Å²) in [6, 6.07) is 16.8. The lowest BCUT2D eigenvalue weighted by atomic mass is 10.3. The van der Waals surface area contributed by atoms with E-state index < -0.39 is 10.0 Å². The van der Waals surface area contributed by atoms with Gasteiger partial charge in [0, 0.05) is 26.2 Å². The van der Waals surface area contributed by atoms with Crippen molar-refractivity contribution < 1.29 is 17.9 Å². The molecule has 8 nitrogen and oxygen atoms in total. The number of rotatable bonds is 9. The summed E-state index contributed by atoms with van der Waals surface area (Å²) >= 11 is 0. The largest absolute Gasteiger partial charge is 0.492 e. The van der Waals surface area contributed by atoms with E-state index >= 15 is 0 Å². The van der Waals surface area contributed by atoms with Crippen LogP contribution in [0.2, 0.25) is 0 Å². The van der Waals surface area contributed by atoms with Gasteiger partial charge >= 0.3 is 0 Å². The van der Waals surface area contributed by atoms with Gasteiger partial charge in [-0.3, -0.25) is 9.62 Å². The minimum atomic E-state index is -3.61. The van der Waals surface area contributed by atoms with Gasteiger partial charge in [0.1, 0.15) is 18.1 Å². The topological polar surface area (TPSA) is 85.7 Å². The molecule has 1 aliphatic heterocycles. The van der Waals surface area contributed by atoms with Crippen molar-refractivity contribution in [1.29, 1.82) is 0 Å². The van der Waals surface area contributed by atoms with Crippen LogP contribution in [0.5, 0.6) is 5.75 Å². The third-order valence-electron chi connectivity index (χ3n) is 5.01. The Kier molecular flexibility index (Phi) is 6.51. The van der Waals surface area contributed by atoms with E-state index in [0.29, 0.717) is 18.2 Å². The molecule has 0 atom stereocenters. The summed E-state index contributed by atoms with van der Waals surface area (Å²) in [7, 11) is -3.61. The van der Waals surface area contributed by atoms with E-state index in [-0.39, 0.29) is 12.4 Å². The van der Waals surface area contributed by atoms with Crippen LogP contribution >= 0.6 is 0 Å². The van der Waals surface area contributed by atoms with Crippen LogP contribution in [0.1, 0.15) is 0 Å². The number of anilines is 1. The minimum absolute atomic E-state index is 0.0629. The van der Waals surface area contributed by atoms with Crippen molar-refractivity contribution in [2.45, 2.75) is 6.54 Å². The average molecular weight is 431 g/mol. The molecule has 30 heavy (non-hydrogen) atoms. The number of benzene rings is 2. The Morgan fingerprint density at radius 1 is 1.00 bits per heavy atom. The first-order valence-electron chi connectivity index (χ1n) is 10.0. The predicted molar refractivity (Wildman–Crippen MR) is 116 cm³/mol. The molecule has 1 saturated heterocycles. The lowest BCUT2D eigenvalue weighted by Gasteiger charge is -2.27. The smallest absolute Gasteiger partial charge is 0.238 e. The highest BCUT2D eigenvalue weighted by molar-refractivity contribution is 7.92. The highest BCUT2D eigenvalue weighted by atomic mass is 32.2. The van der Waals surface area contributed by atoms with Gasteiger partial charge in [-0.2, -0.15) is 0 Å². The molecule has 0 amide bonds.